The van der Waals surface area contributed by atoms with E-state index in [1.807, 2.05) is 35.9 Å². The molecular formula is C18H25N3O4S. The molecule has 1 fully saturated rings. The Morgan fingerprint density at radius 3 is 2.77 bits per heavy atom. The minimum absolute atomic E-state index is 0.0595. The molecular weight excluding hydrogens is 354 g/mol. The second-order valence-corrected chi connectivity index (χ2v) is 9.00. The van der Waals surface area contributed by atoms with Crippen LogP contribution in [0, 0.1) is 12.8 Å². The van der Waals surface area contributed by atoms with E-state index in [9.17, 15) is 8.42 Å². The summed E-state index contributed by atoms with van der Waals surface area (Å²) in [6.45, 7) is 2.89. The van der Waals surface area contributed by atoms with Crippen molar-refractivity contribution in [3.63, 3.8) is 0 Å². The summed E-state index contributed by atoms with van der Waals surface area (Å²) >= 11 is 0. The Bertz CT molecular complexity index is 876. The Balaban J connectivity index is 1.91. The third-order valence-corrected chi connectivity index (χ3v) is 6.79. The fourth-order valence-corrected chi connectivity index (χ4v) is 4.45. The molecule has 8 heteroatoms. The zero-order valence-corrected chi connectivity index (χ0v) is 16.4. The molecule has 1 aromatic heterocycles. The monoisotopic (exact) mass is 379 g/mol. The van der Waals surface area contributed by atoms with Crippen LogP contribution in [0.4, 0.5) is 0 Å². The first-order valence-corrected chi connectivity index (χ1v) is 10.1. The topological polar surface area (TPSA) is 73.7 Å². The normalized spacial score (nSPS) is 20.7. The Morgan fingerprint density at radius 2 is 2.12 bits per heavy atom. The maximum Gasteiger partial charge on any atom is 0.214 e. The molecule has 3 rings (SSSR count). The third kappa shape index (κ3) is 3.62. The van der Waals surface area contributed by atoms with E-state index < -0.39 is 10.0 Å². The number of methoxy groups -OCH3 is 1. The zero-order valence-electron chi connectivity index (χ0n) is 15.5. The summed E-state index contributed by atoms with van der Waals surface area (Å²) in [5.41, 5.74) is 1.99. The van der Waals surface area contributed by atoms with Gasteiger partial charge in [0.2, 0.25) is 10.0 Å². The van der Waals surface area contributed by atoms with Crippen LogP contribution in [0.5, 0.6) is 5.75 Å². The van der Waals surface area contributed by atoms with Gasteiger partial charge in [-0.3, -0.25) is 0 Å². The summed E-state index contributed by atoms with van der Waals surface area (Å²) < 4.78 is 38.8. The molecule has 1 aliphatic heterocycles. The van der Waals surface area contributed by atoms with E-state index in [0.717, 1.165) is 22.7 Å². The van der Waals surface area contributed by atoms with Gasteiger partial charge in [-0.25, -0.2) is 17.7 Å². The van der Waals surface area contributed by atoms with Crippen LogP contribution in [0.15, 0.2) is 30.6 Å². The molecule has 0 amide bonds. The molecule has 0 N–H and O–H groups in total. The smallest absolute Gasteiger partial charge is 0.214 e. The lowest BCUT2D eigenvalue weighted by Crippen LogP contribution is -2.32. The standard InChI is InChI=1S/C18H25N3O4S/c1-13-9-14(5-6-17(13)24-4)18-19-7-8-21(18)16-11-25-10-15(16)12-26(22,23)20(2)3/h5-9,15-16H,10-12H2,1-4H3/t15-,16-/m1/s1. The molecule has 2 heterocycles. The quantitative estimate of drug-likeness (QED) is 0.767. The number of rotatable bonds is 6. The largest absolute Gasteiger partial charge is 0.496 e. The van der Waals surface area contributed by atoms with E-state index in [2.05, 4.69) is 4.98 Å². The van der Waals surface area contributed by atoms with Gasteiger partial charge < -0.3 is 14.0 Å². The van der Waals surface area contributed by atoms with Crippen molar-refractivity contribution in [2.45, 2.75) is 13.0 Å². The van der Waals surface area contributed by atoms with Gasteiger partial charge in [-0.05, 0) is 30.7 Å². The lowest BCUT2D eigenvalue weighted by molar-refractivity contribution is 0.182. The summed E-state index contributed by atoms with van der Waals surface area (Å²) in [5.74, 6) is 1.57. The number of benzene rings is 1. The second kappa shape index (κ2) is 7.38. The van der Waals surface area contributed by atoms with E-state index in [0.29, 0.717) is 13.2 Å². The van der Waals surface area contributed by atoms with Crippen LogP contribution in [0.25, 0.3) is 11.4 Å². The molecule has 0 aliphatic carbocycles. The molecule has 1 aliphatic rings. The predicted octanol–water partition coefficient (Wildman–Crippen LogP) is 1.95. The van der Waals surface area contributed by atoms with Gasteiger partial charge in [-0.2, -0.15) is 0 Å². The van der Waals surface area contributed by atoms with Crippen LogP contribution in [0.3, 0.4) is 0 Å². The maximum atomic E-state index is 12.3. The minimum Gasteiger partial charge on any atom is -0.496 e. The second-order valence-electron chi connectivity index (χ2n) is 6.77. The van der Waals surface area contributed by atoms with Crippen molar-refractivity contribution in [2.24, 2.45) is 5.92 Å². The Kier molecular flexibility index (Phi) is 5.36. The number of ether oxygens (including phenoxy) is 2. The van der Waals surface area contributed by atoms with Crippen LogP contribution >= 0.6 is 0 Å². The van der Waals surface area contributed by atoms with Crippen molar-refractivity contribution >= 4 is 10.0 Å². The first-order valence-electron chi connectivity index (χ1n) is 8.49. The van der Waals surface area contributed by atoms with Crippen molar-refractivity contribution in [1.82, 2.24) is 13.9 Å². The Morgan fingerprint density at radius 1 is 1.35 bits per heavy atom. The fourth-order valence-electron chi connectivity index (χ4n) is 3.30. The Labute approximate surface area is 154 Å². The summed E-state index contributed by atoms with van der Waals surface area (Å²) in [5, 5.41) is 0. The molecule has 0 unspecified atom stereocenters. The molecule has 0 radical (unpaired) electrons. The zero-order chi connectivity index (χ0) is 18.9. The SMILES string of the molecule is COc1ccc(-c2nccn2[C@@H]2COC[C@@H]2CS(=O)(=O)N(C)C)cc1C. The van der Waals surface area contributed by atoms with Gasteiger partial charge >= 0.3 is 0 Å². The number of sulfonamides is 1. The Hall–Kier alpha value is -1.90. The molecule has 2 aromatic rings. The van der Waals surface area contributed by atoms with Crippen molar-refractivity contribution < 1.29 is 17.9 Å². The molecule has 26 heavy (non-hydrogen) atoms. The van der Waals surface area contributed by atoms with Crippen LogP contribution in [0.2, 0.25) is 0 Å². The number of aryl methyl sites for hydroxylation is 1. The van der Waals surface area contributed by atoms with Crippen LogP contribution in [-0.2, 0) is 14.8 Å². The average Bonchev–Trinajstić information content (AvgIpc) is 3.22. The minimum atomic E-state index is -3.30. The van der Waals surface area contributed by atoms with Crippen LogP contribution in [0.1, 0.15) is 11.6 Å². The van der Waals surface area contributed by atoms with Crippen molar-refractivity contribution in [3.05, 3.63) is 36.2 Å². The van der Waals surface area contributed by atoms with E-state index >= 15 is 0 Å². The lowest BCUT2D eigenvalue weighted by Gasteiger charge is -2.22. The van der Waals surface area contributed by atoms with Gasteiger partial charge in [0, 0.05) is 38.0 Å². The molecule has 0 spiro atoms. The third-order valence-electron chi connectivity index (χ3n) is 4.82. The van der Waals surface area contributed by atoms with Gasteiger partial charge in [-0.1, -0.05) is 0 Å². The number of imidazole rings is 1. The number of hydrogen-bond acceptors (Lipinski definition) is 5. The van der Waals surface area contributed by atoms with Gasteiger partial charge in [0.15, 0.2) is 0 Å². The van der Waals surface area contributed by atoms with Gasteiger partial charge in [-0.15, -0.1) is 0 Å². The highest BCUT2D eigenvalue weighted by molar-refractivity contribution is 7.89. The molecule has 2 atom stereocenters. The summed E-state index contributed by atoms with van der Waals surface area (Å²) in [4.78, 5) is 4.50. The van der Waals surface area contributed by atoms with E-state index in [1.165, 1.54) is 4.31 Å². The maximum absolute atomic E-state index is 12.3. The first-order chi connectivity index (χ1) is 12.3. The number of aromatic nitrogens is 2. The average molecular weight is 379 g/mol. The molecule has 0 bridgehead atoms. The van der Waals surface area contributed by atoms with E-state index in [-0.39, 0.29) is 17.7 Å². The molecule has 1 saturated heterocycles. The highest BCUT2D eigenvalue weighted by atomic mass is 32.2. The number of nitrogens with zero attached hydrogens (tertiary/aromatic N) is 3. The summed E-state index contributed by atoms with van der Waals surface area (Å²) in [6.07, 6.45) is 3.63. The summed E-state index contributed by atoms with van der Waals surface area (Å²) in [7, 11) is 1.47. The first kappa shape index (κ1) is 18.9. The van der Waals surface area contributed by atoms with Gasteiger partial charge in [0.1, 0.15) is 11.6 Å². The molecule has 0 saturated carbocycles. The molecule has 7 nitrogen and oxygen atoms in total. The van der Waals surface area contributed by atoms with E-state index in [1.54, 1.807) is 27.4 Å². The summed E-state index contributed by atoms with van der Waals surface area (Å²) in [6, 6.07) is 5.85. The van der Waals surface area contributed by atoms with Gasteiger partial charge in [0.25, 0.3) is 0 Å². The lowest BCUT2D eigenvalue weighted by atomic mass is 10.0. The highest BCUT2D eigenvalue weighted by Gasteiger charge is 2.35. The van der Waals surface area contributed by atoms with Crippen molar-refractivity contribution in [1.29, 1.82) is 0 Å². The number of hydrogen-bond donors (Lipinski definition) is 0. The predicted molar refractivity (Wildman–Crippen MR) is 99.8 cm³/mol. The fraction of sp³-hybridized carbons (Fsp3) is 0.500. The highest BCUT2D eigenvalue weighted by Crippen LogP contribution is 2.33. The van der Waals surface area contributed by atoms with Crippen molar-refractivity contribution in [2.75, 3.05) is 40.2 Å². The van der Waals surface area contributed by atoms with Gasteiger partial charge in [0.05, 0.1) is 32.1 Å². The van der Waals surface area contributed by atoms with Crippen LogP contribution < -0.4 is 4.74 Å². The van der Waals surface area contributed by atoms with Crippen LogP contribution in [-0.4, -0.2) is 62.4 Å². The molecule has 142 valence electrons. The molecule has 1 aromatic carbocycles. The van der Waals surface area contributed by atoms with E-state index in [4.69, 9.17) is 9.47 Å². The van der Waals surface area contributed by atoms with Crippen molar-refractivity contribution in [3.8, 4) is 17.1 Å².